The van der Waals surface area contributed by atoms with Crippen molar-refractivity contribution in [3.8, 4) is 11.5 Å². The smallest absolute Gasteiger partial charge is 0.272 e. The van der Waals surface area contributed by atoms with Crippen LogP contribution in [0.25, 0.3) is 28.6 Å². The van der Waals surface area contributed by atoms with E-state index in [9.17, 15) is 14.4 Å². The maximum absolute atomic E-state index is 13.9. The first-order valence-corrected chi connectivity index (χ1v) is 17.9. The summed E-state index contributed by atoms with van der Waals surface area (Å²) in [4.78, 5) is 45.9. The third-order valence-electron chi connectivity index (χ3n) is 8.09. The molecule has 260 valence electrons. The monoisotopic (exact) mass is 734 g/mol. The van der Waals surface area contributed by atoms with Gasteiger partial charge in [0.05, 0.1) is 0 Å². The molecule has 8 nitrogen and oxygen atoms in total. The number of nitrogens with one attached hydrogen (secondary N) is 3. The van der Waals surface area contributed by atoms with Crippen molar-refractivity contribution < 1.29 is 18.8 Å². The van der Waals surface area contributed by atoms with Gasteiger partial charge in [-0.05, 0) is 96.1 Å². The Labute approximate surface area is 314 Å². The molecule has 6 aromatic carbocycles. The number of oxazole rings is 1. The highest BCUT2D eigenvalue weighted by Gasteiger charge is 2.23. The van der Waals surface area contributed by atoms with Gasteiger partial charge in [-0.25, -0.2) is 4.98 Å². The minimum Gasteiger partial charge on any atom is -0.436 e. The molecule has 0 saturated heterocycles. The van der Waals surface area contributed by atoms with Crippen LogP contribution in [0, 0.1) is 0 Å². The van der Waals surface area contributed by atoms with Crippen molar-refractivity contribution in [2.45, 2.75) is 10.1 Å². The summed E-state index contributed by atoms with van der Waals surface area (Å²) in [6.07, 6.45) is 1.58. The molecule has 1 aromatic heterocycles. The van der Waals surface area contributed by atoms with Crippen LogP contribution < -0.4 is 16.0 Å². The number of fused-ring (bicyclic) bond motifs is 1. The van der Waals surface area contributed by atoms with Crippen molar-refractivity contribution in [1.29, 1.82) is 0 Å². The van der Waals surface area contributed by atoms with Crippen LogP contribution >= 0.6 is 23.4 Å². The Morgan fingerprint density at radius 3 is 2.13 bits per heavy atom. The van der Waals surface area contributed by atoms with Crippen LogP contribution in [0.1, 0.15) is 26.7 Å². The van der Waals surface area contributed by atoms with E-state index in [1.165, 1.54) is 11.8 Å². The van der Waals surface area contributed by atoms with Gasteiger partial charge in [-0.15, -0.1) is 11.8 Å². The number of para-hydroxylation sites is 2. The summed E-state index contributed by atoms with van der Waals surface area (Å²) in [6.45, 7) is 0. The predicted octanol–water partition coefficient (Wildman–Crippen LogP) is 10.0. The molecule has 1 heterocycles. The lowest BCUT2D eigenvalue weighted by atomic mass is 10.1. The second-order valence-electron chi connectivity index (χ2n) is 11.9. The lowest BCUT2D eigenvalue weighted by Gasteiger charge is -2.18. The maximum Gasteiger partial charge on any atom is 0.272 e. The molecule has 0 bridgehead atoms. The topological polar surface area (TPSA) is 113 Å². The van der Waals surface area contributed by atoms with Gasteiger partial charge in [0.15, 0.2) is 5.58 Å². The first-order valence-electron chi connectivity index (χ1n) is 16.6. The van der Waals surface area contributed by atoms with Crippen molar-refractivity contribution in [1.82, 2.24) is 10.3 Å². The van der Waals surface area contributed by atoms with E-state index in [4.69, 9.17) is 16.0 Å². The zero-order valence-corrected chi connectivity index (χ0v) is 29.6. The molecule has 0 saturated carbocycles. The number of rotatable bonds is 11. The number of nitrogens with zero attached hydrogens (tertiary/aromatic N) is 1. The van der Waals surface area contributed by atoms with Gasteiger partial charge in [0.25, 0.3) is 11.8 Å². The zero-order valence-electron chi connectivity index (χ0n) is 28.0. The maximum atomic E-state index is 13.9. The number of amides is 3. The van der Waals surface area contributed by atoms with Crippen LogP contribution in [0.2, 0.25) is 5.02 Å². The number of carbonyl (C=O) groups is 3. The van der Waals surface area contributed by atoms with Crippen molar-refractivity contribution in [3.63, 3.8) is 0 Å². The molecule has 10 heteroatoms. The third kappa shape index (κ3) is 8.91. The molecule has 7 aromatic rings. The van der Waals surface area contributed by atoms with Crippen LogP contribution in [0.15, 0.2) is 173 Å². The number of halogens is 1. The average Bonchev–Trinajstić information content (AvgIpc) is 3.63. The summed E-state index contributed by atoms with van der Waals surface area (Å²) in [6, 6.07) is 47.2. The Balaban J connectivity index is 1.08. The fourth-order valence-corrected chi connectivity index (χ4v) is 6.66. The van der Waals surface area contributed by atoms with E-state index in [2.05, 4.69) is 20.9 Å². The van der Waals surface area contributed by atoms with E-state index in [-0.39, 0.29) is 11.6 Å². The Morgan fingerprint density at radius 1 is 0.698 bits per heavy atom. The SMILES string of the molecule is O=C(Nc1cccc(SC(C(=O)Nc2ccc(-c3nc4ccccc4o3)cc2)c2ccccc2)c1)/C(=C/c1ccc(Cl)cc1)NC(=O)c1ccccc1. The summed E-state index contributed by atoms with van der Waals surface area (Å²) < 4.78 is 5.90. The standard InChI is InChI=1S/C43H31ClN4O4S/c44-32-22-18-28(19-23-32)26-37(47-40(49)30-12-5-2-6-13-30)41(50)46-34-14-9-15-35(27-34)53-39(29-10-3-1-4-11-29)42(51)45-33-24-20-31(21-25-33)43-48-36-16-7-8-17-38(36)52-43/h1-27,39H,(H,45,51)(H,46,50)(H,47,49)/b37-26-. The number of carbonyl (C=O) groups excluding carboxylic acids is 3. The fourth-order valence-electron chi connectivity index (χ4n) is 5.45. The van der Waals surface area contributed by atoms with E-state index in [1.54, 1.807) is 72.8 Å². The normalized spacial score (nSPS) is 11.8. The van der Waals surface area contributed by atoms with Gasteiger partial charge < -0.3 is 20.4 Å². The predicted molar refractivity (Wildman–Crippen MR) is 212 cm³/mol. The highest BCUT2D eigenvalue weighted by atomic mass is 35.5. The Hall–Kier alpha value is -6.42. The third-order valence-corrected chi connectivity index (χ3v) is 9.59. The number of thioether (sulfide) groups is 1. The number of hydrogen-bond donors (Lipinski definition) is 3. The molecule has 0 spiro atoms. The minimum absolute atomic E-state index is 0.0443. The number of aromatic nitrogens is 1. The van der Waals surface area contributed by atoms with E-state index in [1.807, 2.05) is 91.0 Å². The molecule has 1 unspecified atom stereocenters. The van der Waals surface area contributed by atoms with E-state index in [0.29, 0.717) is 39.0 Å². The number of benzene rings is 6. The van der Waals surface area contributed by atoms with Crippen LogP contribution in [-0.4, -0.2) is 22.7 Å². The Kier molecular flexibility index (Phi) is 10.8. The van der Waals surface area contributed by atoms with E-state index in [0.717, 1.165) is 21.5 Å². The van der Waals surface area contributed by atoms with Crippen molar-refractivity contribution in [3.05, 3.63) is 185 Å². The van der Waals surface area contributed by atoms with E-state index < -0.39 is 17.1 Å². The Bertz CT molecular complexity index is 2380. The molecule has 0 aliphatic heterocycles. The van der Waals surface area contributed by atoms with Crippen LogP contribution in [0.5, 0.6) is 0 Å². The highest BCUT2D eigenvalue weighted by molar-refractivity contribution is 8.00. The summed E-state index contributed by atoms with van der Waals surface area (Å²) in [5.74, 6) is -0.671. The molecule has 0 fully saturated rings. The lowest BCUT2D eigenvalue weighted by Crippen LogP contribution is -2.30. The highest BCUT2D eigenvalue weighted by Crippen LogP contribution is 2.37. The second-order valence-corrected chi connectivity index (χ2v) is 13.5. The fraction of sp³-hybridized carbons (Fsp3) is 0.0233. The zero-order chi connectivity index (χ0) is 36.6. The molecular weight excluding hydrogens is 704 g/mol. The Morgan fingerprint density at radius 2 is 1.40 bits per heavy atom. The molecule has 0 radical (unpaired) electrons. The van der Waals surface area contributed by atoms with Crippen molar-refractivity contribution in [2.75, 3.05) is 10.6 Å². The van der Waals surface area contributed by atoms with Gasteiger partial charge in [-0.1, -0.05) is 90.5 Å². The first kappa shape index (κ1) is 35.0. The summed E-state index contributed by atoms with van der Waals surface area (Å²) in [5, 5.41) is 8.63. The number of anilines is 2. The molecule has 0 aliphatic rings. The van der Waals surface area contributed by atoms with Crippen molar-refractivity contribution >= 4 is 69.6 Å². The molecule has 1 atom stereocenters. The molecule has 3 amide bonds. The van der Waals surface area contributed by atoms with Gasteiger partial charge in [0, 0.05) is 32.4 Å². The molecule has 53 heavy (non-hydrogen) atoms. The van der Waals surface area contributed by atoms with Gasteiger partial charge in [0.2, 0.25) is 11.8 Å². The van der Waals surface area contributed by atoms with Crippen LogP contribution in [-0.2, 0) is 9.59 Å². The van der Waals surface area contributed by atoms with Gasteiger partial charge in [-0.3, -0.25) is 14.4 Å². The molecular formula is C43H31ClN4O4S. The van der Waals surface area contributed by atoms with E-state index >= 15 is 0 Å². The second kappa shape index (κ2) is 16.3. The molecule has 3 N–H and O–H groups in total. The lowest BCUT2D eigenvalue weighted by molar-refractivity contribution is -0.116. The first-order chi connectivity index (χ1) is 25.9. The minimum atomic E-state index is -0.621. The van der Waals surface area contributed by atoms with Crippen LogP contribution in [0.3, 0.4) is 0 Å². The average molecular weight is 735 g/mol. The van der Waals surface area contributed by atoms with Gasteiger partial charge in [0.1, 0.15) is 16.5 Å². The molecule has 7 rings (SSSR count). The van der Waals surface area contributed by atoms with Crippen molar-refractivity contribution in [2.24, 2.45) is 0 Å². The summed E-state index contributed by atoms with van der Waals surface area (Å²) in [7, 11) is 0. The summed E-state index contributed by atoms with van der Waals surface area (Å²) in [5.41, 5.74) is 5.31. The van der Waals surface area contributed by atoms with Gasteiger partial charge in [-0.2, -0.15) is 0 Å². The largest absolute Gasteiger partial charge is 0.436 e. The van der Waals surface area contributed by atoms with Gasteiger partial charge >= 0.3 is 0 Å². The molecule has 0 aliphatic carbocycles. The number of hydrogen-bond acceptors (Lipinski definition) is 6. The quantitative estimate of drug-likeness (QED) is 0.0901. The summed E-state index contributed by atoms with van der Waals surface area (Å²) >= 11 is 7.42. The van der Waals surface area contributed by atoms with Crippen LogP contribution in [0.4, 0.5) is 11.4 Å².